The maximum atomic E-state index is 10.9. The number of methoxy groups -OCH3 is 1. The van der Waals surface area contributed by atoms with Gasteiger partial charge in [-0.1, -0.05) is 5.16 Å². The molecule has 0 bridgehead atoms. The maximum absolute atomic E-state index is 10.9. The number of ether oxygens (including phenoxy) is 1. The highest BCUT2D eigenvalue weighted by Crippen LogP contribution is 2.39. The number of nitrogens with zero attached hydrogens (tertiary/aromatic N) is 3. The highest BCUT2D eigenvalue weighted by molar-refractivity contribution is 5.85. The second-order valence-corrected chi connectivity index (χ2v) is 5.07. The molecule has 2 aromatic rings. The van der Waals surface area contributed by atoms with Crippen molar-refractivity contribution in [3.63, 3.8) is 0 Å². The molecule has 22 heavy (non-hydrogen) atoms. The van der Waals surface area contributed by atoms with Gasteiger partial charge in [0.15, 0.2) is 5.82 Å². The summed E-state index contributed by atoms with van der Waals surface area (Å²) in [4.78, 5) is 14.7. The summed E-state index contributed by atoms with van der Waals surface area (Å²) in [6.07, 6.45) is 2.64. The van der Waals surface area contributed by atoms with Crippen LogP contribution in [0.2, 0.25) is 0 Å². The average molecular weight is 327 g/mol. The number of rotatable bonds is 4. The lowest BCUT2D eigenvalue weighted by atomic mass is 9.77. The topological polar surface area (TPSA) is 117 Å². The van der Waals surface area contributed by atoms with E-state index in [1.807, 2.05) is 0 Å². The molecule has 1 aromatic carbocycles. The molecule has 0 radical (unpaired) electrons. The first-order valence-corrected chi connectivity index (χ1v) is 6.49. The van der Waals surface area contributed by atoms with E-state index in [4.69, 9.17) is 15.0 Å². The van der Waals surface area contributed by atoms with Gasteiger partial charge in [-0.25, -0.2) is 0 Å². The van der Waals surface area contributed by atoms with Crippen molar-refractivity contribution in [3.05, 3.63) is 34.1 Å². The molecule has 1 heterocycles. The van der Waals surface area contributed by atoms with Gasteiger partial charge in [0.1, 0.15) is 5.75 Å². The first kappa shape index (κ1) is 16.2. The van der Waals surface area contributed by atoms with Crippen LogP contribution in [0.25, 0.3) is 11.5 Å². The van der Waals surface area contributed by atoms with Crippen LogP contribution in [0.5, 0.6) is 5.75 Å². The molecule has 1 saturated carbocycles. The van der Waals surface area contributed by atoms with Crippen LogP contribution in [0.4, 0.5) is 5.69 Å². The summed E-state index contributed by atoms with van der Waals surface area (Å²) in [6, 6.07) is 4.20. The van der Waals surface area contributed by atoms with Crippen molar-refractivity contribution in [3.8, 4) is 17.2 Å². The van der Waals surface area contributed by atoms with Gasteiger partial charge in [-0.15, -0.1) is 12.4 Å². The van der Waals surface area contributed by atoms with Crippen LogP contribution < -0.4 is 10.5 Å². The van der Waals surface area contributed by atoms with Crippen LogP contribution in [0.3, 0.4) is 0 Å². The van der Waals surface area contributed by atoms with Crippen LogP contribution in [-0.2, 0) is 5.54 Å². The number of hydrogen-bond acceptors (Lipinski definition) is 7. The molecular weight excluding hydrogens is 312 g/mol. The smallest absolute Gasteiger partial charge is 0.270 e. The number of aromatic nitrogens is 2. The molecule has 1 aliphatic rings. The number of non-ortho nitro benzene ring substituents is 1. The Bertz CT molecular complexity index is 699. The summed E-state index contributed by atoms with van der Waals surface area (Å²) in [6.45, 7) is 0. The predicted molar refractivity (Wildman–Crippen MR) is 79.9 cm³/mol. The van der Waals surface area contributed by atoms with Crippen molar-refractivity contribution in [1.82, 2.24) is 10.1 Å². The first-order valence-electron chi connectivity index (χ1n) is 6.49. The number of nitro benzene ring substituents is 1. The van der Waals surface area contributed by atoms with Crippen LogP contribution in [0, 0.1) is 10.1 Å². The third-order valence-corrected chi connectivity index (χ3v) is 3.74. The second-order valence-electron chi connectivity index (χ2n) is 5.07. The molecule has 9 heteroatoms. The summed E-state index contributed by atoms with van der Waals surface area (Å²) < 4.78 is 10.4. The van der Waals surface area contributed by atoms with Crippen molar-refractivity contribution in [2.45, 2.75) is 24.8 Å². The fourth-order valence-electron chi connectivity index (χ4n) is 2.29. The van der Waals surface area contributed by atoms with Gasteiger partial charge in [-0.3, -0.25) is 10.1 Å². The second kappa shape index (κ2) is 5.90. The lowest BCUT2D eigenvalue weighted by Gasteiger charge is -2.34. The molecule has 1 aromatic heterocycles. The van der Waals surface area contributed by atoms with Gasteiger partial charge in [0.2, 0.25) is 0 Å². The number of halogens is 1. The van der Waals surface area contributed by atoms with Crippen LogP contribution in [0.1, 0.15) is 25.1 Å². The fraction of sp³-hybridized carbons (Fsp3) is 0.385. The normalized spacial score (nSPS) is 15.5. The van der Waals surface area contributed by atoms with Crippen molar-refractivity contribution in [2.24, 2.45) is 5.73 Å². The third kappa shape index (κ3) is 2.62. The Labute approximate surface area is 132 Å². The summed E-state index contributed by atoms with van der Waals surface area (Å²) >= 11 is 0. The molecule has 0 spiro atoms. The Kier molecular flexibility index (Phi) is 4.34. The molecule has 2 N–H and O–H groups in total. The summed E-state index contributed by atoms with van der Waals surface area (Å²) in [7, 11) is 1.47. The molecular formula is C13H15ClN4O4. The van der Waals surface area contributed by atoms with E-state index >= 15 is 0 Å². The van der Waals surface area contributed by atoms with Crippen molar-refractivity contribution in [1.29, 1.82) is 0 Å². The molecule has 0 aliphatic heterocycles. The highest BCUT2D eigenvalue weighted by atomic mass is 35.5. The van der Waals surface area contributed by atoms with Gasteiger partial charge >= 0.3 is 0 Å². The minimum absolute atomic E-state index is 0. The lowest BCUT2D eigenvalue weighted by molar-refractivity contribution is -0.384. The minimum Gasteiger partial charge on any atom is -0.496 e. The van der Waals surface area contributed by atoms with E-state index in [1.165, 1.54) is 25.3 Å². The molecule has 3 rings (SSSR count). The van der Waals surface area contributed by atoms with Crippen molar-refractivity contribution in [2.75, 3.05) is 7.11 Å². The molecule has 0 atom stereocenters. The van der Waals surface area contributed by atoms with E-state index in [0.717, 1.165) is 19.3 Å². The van der Waals surface area contributed by atoms with Crippen LogP contribution >= 0.6 is 12.4 Å². The summed E-state index contributed by atoms with van der Waals surface area (Å²) in [5.41, 5.74) is 5.90. The Hall–Kier alpha value is -2.19. The highest BCUT2D eigenvalue weighted by Gasteiger charge is 2.39. The van der Waals surface area contributed by atoms with Crippen molar-refractivity contribution >= 4 is 18.1 Å². The van der Waals surface area contributed by atoms with E-state index < -0.39 is 10.5 Å². The number of hydrogen-bond donors (Lipinski definition) is 1. The first-order chi connectivity index (χ1) is 10.0. The fourth-order valence-corrected chi connectivity index (χ4v) is 2.29. The van der Waals surface area contributed by atoms with E-state index in [9.17, 15) is 10.1 Å². The molecule has 8 nitrogen and oxygen atoms in total. The van der Waals surface area contributed by atoms with E-state index in [0.29, 0.717) is 17.1 Å². The van der Waals surface area contributed by atoms with Gasteiger partial charge < -0.3 is 15.0 Å². The largest absolute Gasteiger partial charge is 0.496 e. The zero-order valence-electron chi connectivity index (χ0n) is 11.8. The van der Waals surface area contributed by atoms with Gasteiger partial charge in [0, 0.05) is 12.1 Å². The number of benzene rings is 1. The standard InChI is InChI=1S/C13H14N4O4.ClH/c1-20-10-4-3-8(17(18)19)7-9(10)11-15-12(16-21-11)13(14)5-2-6-13;/h3-4,7H,2,5-6,14H2,1H3;1H. The third-order valence-electron chi connectivity index (χ3n) is 3.74. The molecule has 1 aliphatic carbocycles. The molecule has 1 fully saturated rings. The maximum Gasteiger partial charge on any atom is 0.270 e. The number of nitro groups is 1. The Morgan fingerprint density at radius 2 is 2.18 bits per heavy atom. The SMILES string of the molecule is COc1ccc([N+](=O)[O-])cc1-c1nc(C2(N)CCC2)no1.Cl. The number of nitrogens with two attached hydrogens (primary N) is 1. The lowest BCUT2D eigenvalue weighted by Crippen LogP contribution is -2.44. The molecule has 118 valence electrons. The van der Waals surface area contributed by atoms with Gasteiger partial charge in [-0.2, -0.15) is 4.98 Å². The Balaban J connectivity index is 0.00000176. The predicted octanol–water partition coefficient (Wildman–Crippen LogP) is 2.41. The zero-order valence-corrected chi connectivity index (χ0v) is 12.6. The average Bonchev–Trinajstić information content (AvgIpc) is 2.93. The summed E-state index contributed by atoms with van der Waals surface area (Å²) in [5.74, 6) is 1.02. The van der Waals surface area contributed by atoms with E-state index in [-0.39, 0.29) is 24.0 Å². The van der Waals surface area contributed by atoms with E-state index in [2.05, 4.69) is 10.1 Å². The quantitative estimate of drug-likeness (QED) is 0.677. The molecule has 0 amide bonds. The minimum atomic E-state index is -0.546. The van der Waals surface area contributed by atoms with Crippen LogP contribution in [-0.4, -0.2) is 22.2 Å². The van der Waals surface area contributed by atoms with E-state index in [1.54, 1.807) is 0 Å². The van der Waals surface area contributed by atoms with Gasteiger partial charge in [0.05, 0.1) is 23.1 Å². The Morgan fingerprint density at radius 1 is 1.45 bits per heavy atom. The molecule has 0 unspecified atom stereocenters. The Morgan fingerprint density at radius 3 is 2.73 bits per heavy atom. The van der Waals surface area contributed by atoms with Gasteiger partial charge in [-0.05, 0) is 25.3 Å². The zero-order chi connectivity index (χ0) is 15.0. The monoisotopic (exact) mass is 326 g/mol. The van der Waals surface area contributed by atoms with Crippen molar-refractivity contribution < 1.29 is 14.2 Å². The van der Waals surface area contributed by atoms with Crippen LogP contribution in [0.15, 0.2) is 22.7 Å². The molecule has 0 saturated heterocycles. The summed E-state index contributed by atoms with van der Waals surface area (Å²) in [5, 5.41) is 14.8. The van der Waals surface area contributed by atoms with Gasteiger partial charge in [0.25, 0.3) is 11.6 Å².